The van der Waals surface area contributed by atoms with Crippen molar-refractivity contribution in [3.63, 3.8) is 0 Å². The van der Waals surface area contributed by atoms with Crippen LogP contribution in [0, 0.1) is 11.3 Å². The van der Waals surface area contributed by atoms with Crippen molar-refractivity contribution in [2.75, 3.05) is 0 Å². The third-order valence-corrected chi connectivity index (χ3v) is 3.66. The number of benzene rings is 1. The van der Waals surface area contributed by atoms with E-state index in [1.54, 1.807) is 0 Å². The lowest BCUT2D eigenvalue weighted by Crippen LogP contribution is -2.05. The lowest BCUT2D eigenvalue weighted by Gasteiger charge is -2.12. The molecule has 0 aliphatic carbocycles. The molecule has 0 N–H and O–H groups in total. The maximum Gasteiger partial charge on any atom is 0.416 e. The first-order valence-corrected chi connectivity index (χ1v) is 6.04. The summed E-state index contributed by atoms with van der Waals surface area (Å²) < 4.78 is 37.6. The van der Waals surface area contributed by atoms with Gasteiger partial charge in [-0.25, -0.2) is 0 Å². The van der Waals surface area contributed by atoms with E-state index in [9.17, 15) is 13.2 Å². The number of halogens is 3. The van der Waals surface area contributed by atoms with Crippen LogP contribution < -0.4 is 0 Å². The molecule has 1 nitrogen and oxygen atoms in total. The van der Waals surface area contributed by atoms with Crippen molar-refractivity contribution in [1.82, 2.24) is 0 Å². The summed E-state index contributed by atoms with van der Waals surface area (Å²) in [6.45, 7) is 3.88. The van der Waals surface area contributed by atoms with Gasteiger partial charge in [0.05, 0.1) is 11.1 Å². The predicted octanol–water partition coefficient (Wildman–Crippen LogP) is 4.47. The fourth-order valence-corrected chi connectivity index (χ4v) is 2.22. The lowest BCUT2D eigenvalue weighted by atomic mass is 10.1. The van der Waals surface area contributed by atoms with Gasteiger partial charge in [0.2, 0.25) is 0 Å². The highest BCUT2D eigenvalue weighted by Crippen LogP contribution is 2.35. The van der Waals surface area contributed by atoms with Crippen molar-refractivity contribution < 1.29 is 13.2 Å². The van der Waals surface area contributed by atoms with Crippen LogP contribution in [0.3, 0.4) is 0 Å². The highest BCUT2D eigenvalue weighted by molar-refractivity contribution is 8.00. The third-order valence-electron chi connectivity index (χ3n) is 2.33. The molecule has 0 radical (unpaired) electrons. The molecule has 1 unspecified atom stereocenters. The Morgan fingerprint density at radius 2 is 2.06 bits per heavy atom. The van der Waals surface area contributed by atoms with E-state index in [-0.39, 0.29) is 5.25 Å². The summed E-state index contributed by atoms with van der Waals surface area (Å²) in [5.74, 6) is 0. The topological polar surface area (TPSA) is 23.8 Å². The van der Waals surface area contributed by atoms with Gasteiger partial charge in [0.15, 0.2) is 0 Å². The standard InChI is InChI=1S/C12H12F3NS/c1-3-8(2)17-11-6-10(12(13,14)15)5-4-9(11)7-16/h4-6,8H,3H2,1-2H3. The van der Waals surface area contributed by atoms with E-state index in [1.165, 1.54) is 17.8 Å². The van der Waals surface area contributed by atoms with E-state index in [4.69, 9.17) is 5.26 Å². The first-order valence-electron chi connectivity index (χ1n) is 5.16. The van der Waals surface area contributed by atoms with Crippen molar-refractivity contribution in [3.05, 3.63) is 29.3 Å². The molecule has 0 aromatic heterocycles. The second-order valence-corrected chi connectivity index (χ2v) is 5.14. The van der Waals surface area contributed by atoms with E-state index in [1.807, 2.05) is 19.9 Å². The highest BCUT2D eigenvalue weighted by atomic mass is 32.2. The van der Waals surface area contributed by atoms with Gasteiger partial charge in [0.25, 0.3) is 0 Å². The Morgan fingerprint density at radius 3 is 2.53 bits per heavy atom. The molecular weight excluding hydrogens is 247 g/mol. The first kappa shape index (κ1) is 13.9. The smallest absolute Gasteiger partial charge is 0.192 e. The van der Waals surface area contributed by atoms with Gasteiger partial charge in [0, 0.05) is 10.1 Å². The number of nitriles is 1. The molecule has 0 saturated heterocycles. The highest BCUT2D eigenvalue weighted by Gasteiger charge is 2.31. The second-order valence-electron chi connectivity index (χ2n) is 3.66. The molecule has 0 amide bonds. The molecule has 1 aromatic carbocycles. The summed E-state index contributed by atoms with van der Waals surface area (Å²) in [5, 5.41) is 9.04. The molecule has 0 bridgehead atoms. The molecule has 0 spiro atoms. The second kappa shape index (κ2) is 5.46. The van der Waals surface area contributed by atoms with Gasteiger partial charge in [-0.15, -0.1) is 11.8 Å². The third kappa shape index (κ3) is 3.67. The minimum absolute atomic E-state index is 0.186. The van der Waals surface area contributed by atoms with Gasteiger partial charge in [0.1, 0.15) is 6.07 Å². The zero-order valence-corrected chi connectivity index (χ0v) is 10.3. The van der Waals surface area contributed by atoms with Crippen LogP contribution in [-0.2, 0) is 6.18 Å². The SMILES string of the molecule is CCC(C)Sc1cc(C(F)(F)F)ccc1C#N. The molecule has 1 rings (SSSR count). The van der Waals surface area contributed by atoms with Crippen molar-refractivity contribution in [2.45, 2.75) is 36.6 Å². The van der Waals surface area contributed by atoms with Crippen LogP contribution in [0.2, 0.25) is 0 Å². The summed E-state index contributed by atoms with van der Waals surface area (Å²) in [4.78, 5) is 0.400. The van der Waals surface area contributed by atoms with Gasteiger partial charge in [-0.1, -0.05) is 13.8 Å². The van der Waals surface area contributed by atoms with Gasteiger partial charge >= 0.3 is 6.18 Å². The van der Waals surface area contributed by atoms with Crippen LogP contribution in [0.15, 0.2) is 23.1 Å². The van der Waals surface area contributed by atoms with Crippen LogP contribution in [0.5, 0.6) is 0 Å². The molecule has 17 heavy (non-hydrogen) atoms. The van der Waals surface area contributed by atoms with Gasteiger partial charge in [-0.3, -0.25) is 0 Å². The molecule has 92 valence electrons. The minimum atomic E-state index is -4.36. The first-order chi connectivity index (χ1) is 7.88. The summed E-state index contributed by atoms with van der Waals surface area (Å²) >= 11 is 1.30. The Kier molecular flexibility index (Phi) is 4.47. The Hall–Kier alpha value is -1.15. The van der Waals surface area contributed by atoms with Crippen LogP contribution in [0.25, 0.3) is 0 Å². The minimum Gasteiger partial charge on any atom is -0.192 e. The van der Waals surface area contributed by atoms with Gasteiger partial charge in [-0.2, -0.15) is 18.4 Å². The van der Waals surface area contributed by atoms with Crippen LogP contribution >= 0.6 is 11.8 Å². The molecule has 1 aromatic rings. The maximum absolute atomic E-state index is 12.5. The molecular formula is C12H12F3NS. The molecule has 5 heteroatoms. The van der Waals surface area contributed by atoms with Crippen LogP contribution in [-0.4, -0.2) is 5.25 Å². The number of rotatable bonds is 3. The van der Waals surface area contributed by atoms with E-state index in [2.05, 4.69) is 0 Å². The molecule has 0 fully saturated rings. The van der Waals surface area contributed by atoms with E-state index < -0.39 is 11.7 Å². The average Bonchev–Trinajstić information content (AvgIpc) is 2.27. The fourth-order valence-electron chi connectivity index (χ4n) is 1.19. The molecule has 0 aliphatic heterocycles. The number of nitrogens with zero attached hydrogens (tertiary/aromatic N) is 1. The fraction of sp³-hybridized carbons (Fsp3) is 0.417. The maximum atomic E-state index is 12.5. The predicted molar refractivity (Wildman–Crippen MR) is 61.8 cm³/mol. The van der Waals surface area contributed by atoms with Gasteiger partial charge in [-0.05, 0) is 24.6 Å². The Morgan fingerprint density at radius 1 is 1.41 bits per heavy atom. The van der Waals surface area contributed by atoms with E-state index in [0.29, 0.717) is 10.5 Å². The Bertz CT molecular complexity index is 434. The summed E-state index contributed by atoms with van der Waals surface area (Å²) in [5.41, 5.74) is -0.411. The molecule has 0 aliphatic rings. The van der Waals surface area contributed by atoms with Crippen molar-refractivity contribution in [2.24, 2.45) is 0 Å². The van der Waals surface area contributed by atoms with Crippen molar-refractivity contribution in [3.8, 4) is 6.07 Å². The Balaban J connectivity index is 3.12. The van der Waals surface area contributed by atoms with E-state index >= 15 is 0 Å². The summed E-state index contributed by atoms with van der Waals surface area (Å²) in [6.07, 6.45) is -3.52. The van der Waals surface area contributed by atoms with E-state index in [0.717, 1.165) is 18.6 Å². The molecule has 1 atom stereocenters. The normalized spacial score (nSPS) is 13.2. The zero-order chi connectivity index (χ0) is 13.1. The number of hydrogen-bond donors (Lipinski definition) is 0. The summed E-state index contributed by atoms with van der Waals surface area (Å²) in [6, 6.07) is 5.14. The van der Waals surface area contributed by atoms with Crippen LogP contribution in [0.4, 0.5) is 13.2 Å². The summed E-state index contributed by atoms with van der Waals surface area (Å²) in [7, 11) is 0. The molecule has 0 saturated carbocycles. The monoisotopic (exact) mass is 259 g/mol. The lowest BCUT2D eigenvalue weighted by molar-refractivity contribution is -0.137. The van der Waals surface area contributed by atoms with Crippen molar-refractivity contribution in [1.29, 1.82) is 5.26 Å². The number of thioether (sulfide) groups is 1. The zero-order valence-electron chi connectivity index (χ0n) is 9.51. The van der Waals surface area contributed by atoms with Crippen molar-refractivity contribution >= 4 is 11.8 Å². The van der Waals surface area contributed by atoms with Crippen LogP contribution in [0.1, 0.15) is 31.4 Å². The quantitative estimate of drug-likeness (QED) is 0.748. The average molecular weight is 259 g/mol. The number of alkyl halides is 3. The molecule has 0 heterocycles. The van der Waals surface area contributed by atoms with Gasteiger partial charge < -0.3 is 0 Å². The Labute approximate surface area is 103 Å². The largest absolute Gasteiger partial charge is 0.416 e. The number of hydrogen-bond acceptors (Lipinski definition) is 2.